The molecule has 0 aliphatic carbocycles. The van der Waals surface area contributed by atoms with E-state index in [2.05, 4.69) is 5.32 Å². The van der Waals surface area contributed by atoms with Crippen molar-refractivity contribution >= 4 is 11.9 Å². The summed E-state index contributed by atoms with van der Waals surface area (Å²) in [5.41, 5.74) is 2.52. The fourth-order valence-corrected chi connectivity index (χ4v) is 3.43. The average Bonchev–Trinajstić information content (AvgIpc) is 2.71. The van der Waals surface area contributed by atoms with E-state index in [4.69, 9.17) is 9.47 Å². The van der Waals surface area contributed by atoms with Crippen molar-refractivity contribution in [3.05, 3.63) is 58.7 Å². The van der Waals surface area contributed by atoms with Gasteiger partial charge < -0.3 is 19.9 Å². The molecular formula is C27H37NO5. The molecule has 0 unspecified atom stereocenters. The Balaban J connectivity index is 2.03. The minimum atomic E-state index is -0.400. The molecule has 2 N–H and O–H groups in total. The van der Waals surface area contributed by atoms with Gasteiger partial charge in [0, 0.05) is 23.2 Å². The highest BCUT2D eigenvalue weighted by Gasteiger charge is 2.27. The van der Waals surface area contributed by atoms with Gasteiger partial charge in [-0.3, -0.25) is 4.79 Å². The monoisotopic (exact) mass is 455 g/mol. The van der Waals surface area contributed by atoms with Crippen LogP contribution in [0.3, 0.4) is 0 Å². The van der Waals surface area contributed by atoms with Crippen LogP contribution in [0.1, 0.15) is 75.5 Å². The second-order valence-electron chi connectivity index (χ2n) is 10.2. The fraction of sp³-hybridized carbons (Fsp3) is 0.481. The quantitative estimate of drug-likeness (QED) is 0.553. The van der Waals surface area contributed by atoms with Crippen molar-refractivity contribution in [2.75, 3.05) is 19.8 Å². The number of ether oxygens (including phenoxy) is 2. The number of esters is 1. The van der Waals surface area contributed by atoms with Crippen molar-refractivity contribution in [3.63, 3.8) is 0 Å². The molecule has 2 aromatic rings. The third kappa shape index (κ3) is 7.52. The summed E-state index contributed by atoms with van der Waals surface area (Å²) in [4.78, 5) is 24.3. The van der Waals surface area contributed by atoms with Gasteiger partial charge in [-0.05, 0) is 54.0 Å². The molecule has 33 heavy (non-hydrogen) atoms. The van der Waals surface area contributed by atoms with Crippen LogP contribution in [-0.4, -0.2) is 36.7 Å². The second-order valence-corrected chi connectivity index (χ2v) is 10.2. The van der Waals surface area contributed by atoms with Crippen molar-refractivity contribution in [2.24, 2.45) is 0 Å². The summed E-state index contributed by atoms with van der Waals surface area (Å²) in [5, 5.41) is 13.8. The number of hydrogen-bond acceptors (Lipinski definition) is 5. The van der Waals surface area contributed by atoms with E-state index in [-0.39, 0.29) is 29.1 Å². The molecule has 0 saturated heterocycles. The molecule has 2 aromatic carbocycles. The molecule has 6 heteroatoms. The number of benzene rings is 2. The van der Waals surface area contributed by atoms with Gasteiger partial charge in [-0.1, -0.05) is 53.7 Å². The van der Waals surface area contributed by atoms with Crippen LogP contribution < -0.4 is 10.1 Å². The van der Waals surface area contributed by atoms with E-state index in [0.717, 1.165) is 16.7 Å². The lowest BCUT2D eigenvalue weighted by Crippen LogP contribution is -2.27. The molecule has 0 bridgehead atoms. The van der Waals surface area contributed by atoms with Gasteiger partial charge in [-0.25, -0.2) is 4.79 Å². The Bertz CT molecular complexity index is 930. The summed E-state index contributed by atoms with van der Waals surface area (Å²) in [6, 6.07) is 11.0. The van der Waals surface area contributed by atoms with Crippen LogP contribution in [0, 0.1) is 0 Å². The molecule has 0 saturated carbocycles. The Labute approximate surface area is 197 Å². The average molecular weight is 456 g/mol. The Morgan fingerprint density at radius 1 is 0.939 bits per heavy atom. The molecule has 6 nitrogen and oxygen atoms in total. The molecule has 1 amide bonds. The molecule has 0 heterocycles. The van der Waals surface area contributed by atoms with Gasteiger partial charge in [0.2, 0.25) is 0 Å². The van der Waals surface area contributed by atoms with Crippen molar-refractivity contribution in [1.82, 2.24) is 5.32 Å². The number of carbonyl (C=O) groups excluding carboxylic acids is 2. The summed E-state index contributed by atoms with van der Waals surface area (Å²) in [6.07, 6.45) is 0.653. The number of phenolic OH excluding ortho intramolecular Hbond substituents is 1. The molecule has 0 radical (unpaired) electrons. The highest BCUT2D eigenvalue weighted by atomic mass is 16.6. The van der Waals surface area contributed by atoms with E-state index < -0.39 is 5.97 Å². The first-order chi connectivity index (χ1) is 15.3. The zero-order valence-corrected chi connectivity index (χ0v) is 20.9. The lowest BCUT2D eigenvalue weighted by molar-refractivity contribution is -0.145. The molecule has 0 aliphatic rings. The molecule has 0 aliphatic heterocycles. The van der Waals surface area contributed by atoms with E-state index in [1.165, 1.54) is 0 Å². The predicted molar refractivity (Wildman–Crippen MR) is 130 cm³/mol. The maximum atomic E-state index is 12.9. The molecule has 0 spiro atoms. The summed E-state index contributed by atoms with van der Waals surface area (Å²) in [6.45, 7) is 14.6. The summed E-state index contributed by atoms with van der Waals surface area (Å²) < 4.78 is 10.2. The number of amides is 1. The first-order valence-corrected chi connectivity index (χ1v) is 11.4. The topological polar surface area (TPSA) is 84.9 Å². The van der Waals surface area contributed by atoms with Crippen LogP contribution >= 0.6 is 0 Å². The van der Waals surface area contributed by atoms with Crippen molar-refractivity contribution in [1.29, 1.82) is 0 Å². The van der Waals surface area contributed by atoms with E-state index >= 15 is 0 Å². The Morgan fingerprint density at radius 2 is 1.48 bits per heavy atom. The van der Waals surface area contributed by atoms with Crippen LogP contribution in [-0.2, 0) is 26.8 Å². The van der Waals surface area contributed by atoms with E-state index in [1.54, 1.807) is 31.2 Å². The summed E-state index contributed by atoms with van der Waals surface area (Å²) >= 11 is 0. The number of rotatable bonds is 8. The van der Waals surface area contributed by atoms with Crippen molar-refractivity contribution in [2.45, 2.75) is 65.7 Å². The predicted octanol–water partition coefficient (Wildman–Crippen LogP) is 4.90. The maximum absolute atomic E-state index is 12.9. The second kappa shape index (κ2) is 10.7. The van der Waals surface area contributed by atoms with Gasteiger partial charge in [0.15, 0.2) is 6.61 Å². The van der Waals surface area contributed by atoms with Gasteiger partial charge in [-0.2, -0.15) is 0 Å². The molecule has 180 valence electrons. The largest absolute Gasteiger partial charge is 0.507 e. The number of phenols is 1. The zero-order valence-electron chi connectivity index (χ0n) is 20.9. The maximum Gasteiger partial charge on any atom is 0.344 e. The van der Waals surface area contributed by atoms with Gasteiger partial charge in [0.25, 0.3) is 5.91 Å². The molecular weight excluding hydrogens is 418 g/mol. The van der Waals surface area contributed by atoms with E-state index in [1.807, 2.05) is 53.7 Å². The number of hydrogen-bond donors (Lipinski definition) is 2. The number of carbonyl (C=O) groups is 2. The van der Waals surface area contributed by atoms with Crippen LogP contribution in [0.2, 0.25) is 0 Å². The van der Waals surface area contributed by atoms with Gasteiger partial charge in [0.1, 0.15) is 11.5 Å². The van der Waals surface area contributed by atoms with Crippen LogP contribution in [0.4, 0.5) is 0 Å². The Morgan fingerprint density at radius 3 is 1.97 bits per heavy atom. The lowest BCUT2D eigenvalue weighted by atomic mass is 9.78. The fourth-order valence-electron chi connectivity index (χ4n) is 3.43. The highest BCUT2D eigenvalue weighted by Crippen LogP contribution is 2.39. The minimum Gasteiger partial charge on any atom is -0.507 e. The summed E-state index contributed by atoms with van der Waals surface area (Å²) in [5.74, 6) is 0.282. The molecule has 2 rings (SSSR count). The Hall–Kier alpha value is -3.02. The van der Waals surface area contributed by atoms with Gasteiger partial charge in [-0.15, -0.1) is 0 Å². The lowest BCUT2D eigenvalue weighted by Gasteiger charge is -2.28. The zero-order chi connectivity index (χ0) is 24.8. The summed E-state index contributed by atoms with van der Waals surface area (Å²) in [7, 11) is 0. The van der Waals surface area contributed by atoms with E-state index in [9.17, 15) is 14.7 Å². The minimum absolute atomic E-state index is 0.122. The third-order valence-electron chi connectivity index (χ3n) is 5.27. The number of nitrogens with one attached hydrogen (secondary N) is 1. The Kier molecular flexibility index (Phi) is 8.53. The highest BCUT2D eigenvalue weighted by molar-refractivity contribution is 5.95. The first-order valence-electron chi connectivity index (χ1n) is 11.4. The van der Waals surface area contributed by atoms with Gasteiger partial charge >= 0.3 is 5.97 Å². The third-order valence-corrected chi connectivity index (χ3v) is 5.27. The van der Waals surface area contributed by atoms with Crippen LogP contribution in [0.5, 0.6) is 11.5 Å². The normalized spacial score (nSPS) is 11.7. The molecule has 0 fully saturated rings. The smallest absolute Gasteiger partial charge is 0.344 e. The molecule has 0 aromatic heterocycles. The van der Waals surface area contributed by atoms with Crippen molar-refractivity contribution < 1.29 is 24.2 Å². The standard InChI is InChI=1S/C27H37NO5/c1-8-32-23(29)17-33-20-11-9-18(10-12-20)13-14-28-25(31)19-15-21(26(2,3)4)24(30)22(16-19)27(5,6)7/h9-12,15-16,30H,8,13-14,17H2,1-7H3,(H,28,31). The van der Waals surface area contributed by atoms with Crippen LogP contribution in [0.15, 0.2) is 36.4 Å². The number of aromatic hydroxyl groups is 1. The van der Waals surface area contributed by atoms with Crippen LogP contribution in [0.25, 0.3) is 0 Å². The SMILES string of the molecule is CCOC(=O)COc1ccc(CCNC(=O)c2cc(C(C)(C)C)c(O)c(C(C)(C)C)c2)cc1. The molecule has 0 atom stereocenters. The van der Waals surface area contributed by atoms with Gasteiger partial charge in [0.05, 0.1) is 6.61 Å². The van der Waals surface area contributed by atoms with E-state index in [0.29, 0.717) is 30.9 Å². The van der Waals surface area contributed by atoms with Crippen molar-refractivity contribution in [3.8, 4) is 11.5 Å². The first kappa shape index (κ1) is 26.2.